The van der Waals surface area contributed by atoms with Crippen LogP contribution in [0.25, 0.3) is 11.0 Å². The Morgan fingerprint density at radius 1 is 1.48 bits per heavy atom. The molecular formula is C17H23N3O3. The fraction of sp³-hybridized carbons (Fsp3) is 0.529. The number of nitrogens with one attached hydrogen (secondary N) is 2. The molecule has 124 valence electrons. The molecule has 0 aliphatic heterocycles. The molecule has 0 radical (unpaired) electrons. The minimum Gasteiger partial charge on any atom is -0.388 e. The number of hydrogen-bond donors (Lipinski definition) is 3. The standard InChI is InChI=1S/C17H23N3O3/c1-4-20-13-9-11(7-8-12(13)18-16(20)22)15(21)19-14(10-5-6-10)17(2,3)23/h7-10,14,23H,4-6H2,1-3H3,(H,18,22)(H,19,21). The number of aromatic nitrogens is 2. The number of rotatable bonds is 5. The van der Waals surface area contributed by atoms with E-state index in [-0.39, 0.29) is 17.6 Å². The van der Waals surface area contributed by atoms with E-state index in [9.17, 15) is 14.7 Å². The van der Waals surface area contributed by atoms with Gasteiger partial charge < -0.3 is 15.4 Å². The second kappa shape index (κ2) is 5.53. The molecule has 1 heterocycles. The zero-order chi connectivity index (χ0) is 16.8. The number of imidazole rings is 1. The number of amides is 1. The number of nitrogens with zero attached hydrogens (tertiary/aromatic N) is 1. The maximum atomic E-state index is 12.6. The Labute approximate surface area is 134 Å². The van der Waals surface area contributed by atoms with Crippen molar-refractivity contribution in [3.05, 3.63) is 34.2 Å². The number of hydrogen-bond acceptors (Lipinski definition) is 3. The van der Waals surface area contributed by atoms with E-state index < -0.39 is 5.60 Å². The maximum absolute atomic E-state index is 12.6. The number of carbonyl (C=O) groups is 1. The Kier molecular flexibility index (Phi) is 3.80. The minimum atomic E-state index is -0.958. The Morgan fingerprint density at radius 3 is 2.74 bits per heavy atom. The Bertz CT molecular complexity index is 793. The third kappa shape index (κ3) is 3.03. The van der Waals surface area contributed by atoms with E-state index >= 15 is 0 Å². The maximum Gasteiger partial charge on any atom is 0.326 e. The van der Waals surface area contributed by atoms with E-state index in [1.807, 2.05) is 6.92 Å². The van der Waals surface area contributed by atoms with Crippen LogP contribution in [0.5, 0.6) is 0 Å². The predicted octanol–water partition coefficient (Wildman–Crippen LogP) is 1.63. The third-order valence-corrected chi connectivity index (χ3v) is 4.49. The van der Waals surface area contributed by atoms with E-state index in [0.717, 1.165) is 23.9 Å². The van der Waals surface area contributed by atoms with Crippen LogP contribution < -0.4 is 11.0 Å². The molecule has 0 bridgehead atoms. The Hall–Kier alpha value is -2.08. The molecule has 1 unspecified atom stereocenters. The predicted molar refractivity (Wildman–Crippen MR) is 88.5 cm³/mol. The molecular weight excluding hydrogens is 294 g/mol. The van der Waals surface area contributed by atoms with E-state index in [0.29, 0.717) is 18.0 Å². The summed E-state index contributed by atoms with van der Waals surface area (Å²) in [6, 6.07) is 4.90. The molecule has 6 heteroatoms. The summed E-state index contributed by atoms with van der Waals surface area (Å²) >= 11 is 0. The zero-order valence-electron chi connectivity index (χ0n) is 13.7. The highest BCUT2D eigenvalue weighted by Crippen LogP contribution is 2.37. The van der Waals surface area contributed by atoms with Crippen molar-refractivity contribution in [3.63, 3.8) is 0 Å². The second-order valence-electron chi connectivity index (χ2n) is 6.85. The summed E-state index contributed by atoms with van der Waals surface area (Å²) in [4.78, 5) is 27.2. The van der Waals surface area contributed by atoms with E-state index in [2.05, 4.69) is 10.3 Å². The lowest BCUT2D eigenvalue weighted by molar-refractivity contribution is 0.0276. The van der Waals surface area contributed by atoms with Gasteiger partial charge in [0.05, 0.1) is 22.7 Å². The Balaban J connectivity index is 1.90. The van der Waals surface area contributed by atoms with E-state index in [1.54, 1.807) is 36.6 Å². The number of aromatic amines is 1. The lowest BCUT2D eigenvalue weighted by Gasteiger charge is -2.30. The summed E-state index contributed by atoms with van der Waals surface area (Å²) in [5.41, 5.74) is 0.799. The van der Waals surface area contributed by atoms with Crippen molar-refractivity contribution in [1.82, 2.24) is 14.9 Å². The van der Waals surface area contributed by atoms with E-state index in [4.69, 9.17) is 0 Å². The van der Waals surface area contributed by atoms with Gasteiger partial charge in [-0.2, -0.15) is 0 Å². The fourth-order valence-corrected chi connectivity index (χ4v) is 3.13. The van der Waals surface area contributed by atoms with Crippen molar-refractivity contribution in [2.75, 3.05) is 0 Å². The first-order chi connectivity index (χ1) is 10.8. The molecule has 1 atom stereocenters. The molecule has 1 aliphatic carbocycles. The summed E-state index contributed by atoms with van der Waals surface area (Å²) in [6.45, 7) is 5.87. The van der Waals surface area contributed by atoms with Crippen LogP contribution in [0.3, 0.4) is 0 Å². The van der Waals surface area contributed by atoms with Crippen molar-refractivity contribution < 1.29 is 9.90 Å². The van der Waals surface area contributed by atoms with Crippen LogP contribution in [0.1, 0.15) is 44.0 Å². The van der Waals surface area contributed by atoms with Gasteiger partial charge in [-0.15, -0.1) is 0 Å². The number of aliphatic hydroxyl groups is 1. The average molecular weight is 317 g/mol. The molecule has 0 spiro atoms. The van der Waals surface area contributed by atoms with Gasteiger partial charge in [0.25, 0.3) is 5.91 Å². The highest BCUT2D eigenvalue weighted by Gasteiger charge is 2.41. The largest absolute Gasteiger partial charge is 0.388 e. The number of benzene rings is 1. The topological polar surface area (TPSA) is 87.1 Å². The number of fused-ring (bicyclic) bond motifs is 1. The number of aryl methyl sites for hydroxylation is 1. The van der Waals surface area contributed by atoms with Gasteiger partial charge in [0.1, 0.15) is 0 Å². The molecule has 1 aromatic carbocycles. The van der Waals surface area contributed by atoms with E-state index in [1.165, 1.54) is 0 Å². The molecule has 3 rings (SSSR count). The van der Waals surface area contributed by atoms with Gasteiger partial charge in [-0.25, -0.2) is 4.79 Å². The first kappa shape index (κ1) is 15.8. The molecule has 6 nitrogen and oxygen atoms in total. The van der Waals surface area contributed by atoms with Crippen molar-refractivity contribution in [2.45, 2.75) is 51.8 Å². The van der Waals surface area contributed by atoms with Crippen molar-refractivity contribution >= 4 is 16.9 Å². The SMILES string of the molecule is CCn1c(=O)[nH]c2ccc(C(=O)NC(C3CC3)C(C)(C)O)cc21. The summed E-state index contributed by atoms with van der Waals surface area (Å²) in [5, 5.41) is 13.2. The molecule has 1 fully saturated rings. The smallest absolute Gasteiger partial charge is 0.326 e. The first-order valence-corrected chi connectivity index (χ1v) is 8.07. The average Bonchev–Trinajstić information content (AvgIpc) is 3.25. The fourth-order valence-electron chi connectivity index (χ4n) is 3.13. The molecule has 1 aromatic heterocycles. The van der Waals surface area contributed by atoms with Gasteiger partial charge in [0.15, 0.2) is 0 Å². The van der Waals surface area contributed by atoms with Crippen LogP contribution >= 0.6 is 0 Å². The van der Waals surface area contributed by atoms with Crippen LogP contribution in [0, 0.1) is 5.92 Å². The van der Waals surface area contributed by atoms with Crippen molar-refractivity contribution in [1.29, 1.82) is 0 Å². The lowest BCUT2D eigenvalue weighted by Crippen LogP contribution is -2.50. The number of H-pyrrole nitrogens is 1. The van der Waals surface area contributed by atoms with Gasteiger partial charge >= 0.3 is 5.69 Å². The molecule has 23 heavy (non-hydrogen) atoms. The van der Waals surface area contributed by atoms with Crippen LogP contribution in [0.15, 0.2) is 23.0 Å². The van der Waals surface area contributed by atoms with Crippen LogP contribution in [0.4, 0.5) is 0 Å². The summed E-state index contributed by atoms with van der Waals surface area (Å²) < 4.78 is 1.60. The molecule has 1 aliphatic rings. The molecule has 0 saturated heterocycles. The lowest BCUT2D eigenvalue weighted by atomic mass is 9.94. The summed E-state index contributed by atoms with van der Waals surface area (Å²) in [6.07, 6.45) is 2.06. The van der Waals surface area contributed by atoms with Crippen molar-refractivity contribution in [3.8, 4) is 0 Å². The summed E-state index contributed by atoms with van der Waals surface area (Å²) in [7, 11) is 0. The minimum absolute atomic E-state index is 0.174. The summed E-state index contributed by atoms with van der Waals surface area (Å²) in [5.74, 6) is 0.117. The van der Waals surface area contributed by atoms with Crippen LogP contribution in [-0.2, 0) is 6.54 Å². The van der Waals surface area contributed by atoms with Gasteiger partial charge in [-0.05, 0) is 57.7 Å². The quantitative estimate of drug-likeness (QED) is 0.783. The van der Waals surface area contributed by atoms with Gasteiger partial charge in [0, 0.05) is 12.1 Å². The van der Waals surface area contributed by atoms with Crippen LogP contribution in [0.2, 0.25) is 0 Å². The van der Waals surface area contributed by atoms with Crippen LogP contribution in [-0.4, -0.2) is 32.2 Å². The van der Waals surface area contributed by atoms with Gasteiger partial charge in [-0.1, -0.05) is 0 Å². The highest BCUT2D eigenvalue weighted by atomic mass is 16.3. The first-order valence-electron chi connectivity index (χ1n) is 8.07. The number of carbonyl (C=O) groups excluding carboxylic acids is 1. The molecule has 1 saturated carbocycles. The molecule has 3 N–H and O–H groups in total. The molecule has 1 amide bonds. The normalized spacial score (nSPS) is 16.5. The van der Waals surface area contributed by atoms with Gasteiger partial charge in [-0.3, -0.25) is 9.36 Å². The third-order valence-electron chi connectivity index (χ3n) is 4.49. The zero-order valence-corrected chi connectivity index (χ0v) is 13.7. The van der Waals surface area contributed by atoms with Crippen molar-refractivity contribution in [2.24, 2.45) is 5.92 Å². The second-order valence-corrected chi connectivity index (χ2v) is 6.85. The highest BCUT2D eigenvalue weighted by molar-refractivity contribution is 5.97. The van der Waals surface area contributed by atoms with Gasteiger partial charge in [0.2, 0.25) is 0 Å². The Morgan fingerprint density at radius 2 is 2.17 bits per heavy atom. The monoisotopic (exact) mass is 317 g/mol. The molecule has 2 aromatic rings.